The lowest BCUT2D eigenvalue weighted by atomic mass is 10.2. The zero-order valence-electron chi connectivity index (χ0n) is 10.5. The molecule has 6 heteroatoms. The zero-order valence-corrected chi connectivity index (χ0v) is 11.3. The SMILES string of the molecule is CC(N)c1cccn1Cc1nc2ccsc2c(=O)[nH]1. The number of nitrogens with zero attached hydrogens (tertiary/aromatic N) is 2. The molecule has 98 valence electrons. The summed E-state index contributed by atoms with van der Waals surface area (Å²) in [4.78, 5) is 19.2. The molecule has 3 N–H and O–H groups in total. The maximum atomic E-state index is 11.9. The number of aromatic amines is 1. The summed E-state index contributed by atoms with van der Waals surface area (Å²) >= 11 is 1.41. The van der Waals surface area contributed by atoms with Gasteiger partial charge in [0.15, 0.2) is 0 Å². The monoisotopic (exact) mass is 274 g/mol. The molecule has 3 aromatic heterocycles. The van der Waals surface area contributed by atoms with Crippen LogP contribution in [0.5, 0.6) is 0 Å². The van der Waals surface area contributed by atoms with Gasteiger partial charge in [0.2, 0.25) is 0 Å². The minimum Gasteiger partial charge on any atom is -0.342 e. The first-order valence-corrected chi connectivity index (χ1v) is 6.90. The van der Waals surface area contributed by atoms with E-state index in [0.717, 1.165) is 11.2 Å². The minimum absolute atomic E-state index is 0.0494. The molecule has 0 aliphatic carbocycles. The van der Waals surface area contributed by atoms with E-state index >= 15 is 0 Å². The maximum Gasteiger partial charge on any atom is 0.268 e. The summed E-state index contributed by atoms with van der Waals surface area (Å²) in [5.74, 6) is 0.647. The first-order chi connectivity index (χ1) is 9.15. The van der Waals surface area contributed by atoms with E-state index in [9.17, 15) is 4.79 Å². The first kappa shape index (κ1) is 12.1. The smallest absolute Gasteiger partial charge is 0.268 e. The molecule has 3 rings (SSSR count). The molecule has 0 amide bonds. The Morgan fingerprint density at radius 1 is 1.53 bits per heavy atom. The predicted octanol–water partition coefficient (Wildman–Crippen LogP) is 1.85. The Labute approximate surface area is 113 Å². The standard InChI is InChI=1S/C13H14N4OS/c1-8(14)10-3-2-5-17(10)7-11-15-9-4-6-19-12(9)13(18)16-11/h2-6,8H,7,14H2,1H3,(H,15,16,18). The highest BCUT2D eigenvalue weighted by Gasteiger charge is 2.09. The molecule has 19 heavy (non-hydrogen) atoms. The molecule has 0 aliphatic heterocycles. The van der Waals surface area contributed by atoms with E-state index in [1.165, 1.54) is 11.3 Å². The minimum atomic E-state index is -0.0792. The van der Waals surface area contributed by atoms with Gasteiger partial charge in [-0.3, -0.25) is 4.79 Å². The van der Waals surface area contributed by atoms with Crippen LogP contribution in [-0.4, -0.2) is 14.5 Å². The van der Waals surface area contributed by atoms with Gasteiger partial charge in [0.05, 0.1) is 12.1 Å². The summed E-state index contributed by atoms with van der Waals surface area (Å²) in [7, 11) is 0. The molecule has 0 bridgehead atoms. The highest BCUT2D eigenvalue weighted by atomic mass is 32.1. The van der Waals surface area contributed by atoms with Crippen molar-refractivity contribution in [2.45, 2.75) is 19.5 Å². The quantitative estimate of drug-likeness (QED) is 0.765. The largest absolute Gasteiger partial charge is 0.342 e. The molecule has 1 atom stereocenters. The highest BCUT2D eigenvalue weighted by Crippen LogP contribution is 2.15. The average Bonchev–Trinajstić information content (AvgIpc) is 2.97. The average molecular weight is 274 g/mol. The number of aromatic nitrogens is 3. The van der Waals surface area contributed by atoms with Crippen molar-refractivity contribution in [3.05, 3.63) is 51.6 Å². The second kappa shape index (κ2) is 4.64. The van der Waals surface area contributed by atoms with Gasteiger partial charge < -0.3 is 15.3 Å². The summed E-state index contributed by atoms with van der Waals surface area (Å²) in [6.45, 7) is 2.45. The second-order valence-electron chi connectivity index (χ2n) is 4.50. The topological polar surface area (TPSA) is 76.7 Å². The number of hydrogen-bond donors (Lipinski definition) is 2. The van der Waals surface area contributed by atoms with Crippen molar-refractivity contribution in [3.63, 3.8) is 0 Å². The Morgan fingerprint density at radius 2 is 2.37 bits per heavy atom. The van der Waals surface area contributed by atoms with Crippen LogP contribution in [0.15, 0.2) is 34.6 Å². The van der Waals surface area contributed by atoms with E-state index in [-0.39, 0.29) is 11.6 Å². The predicted molar refractivity (Wildman–Crippen MR) is 76.4 cm³/mol. The van der Waals surface area contributed by atoms with Gasteiger partial charge in [0, 0.05) is 17.9 Å². The van der Waals surface area contributed by atoms with Crippen LogP contribution in [0.2, 0.25) is 0 Å². The molecule has 0 fully saturated rings. The summed E-state index contributed by atoms with van der Waals surface area (Å²) in [6.07, 6.45) is 1.94. The Morgan fingerprint density at radius 3 is 3.16 bits per heavy atom. The summed E-state index contributed by atoms with van der Waals surface area (Å²) < 4.78 is 2.67. The fraction of sp³-hybridized carbons (Fsp3) is 0.231. The molecule has 0 aliphatic rings. The van der Waals surface area contributed by atoms with E-state index < -0.39 is 0 Å². The number of H-pyrrole nitrogens is 1. The molecule has 0 aromatic carbocycles. The third-order valence-corrected chi connectivity index (χ3v) is 3.92. The summed E-state index contributed by atoms with van der Waals surface area (Å²) in [5, 5.41) is 1.87. The third-order valence-electron chi connectivity index (χ3n) is 3.02. The summed E-state index contributed by atoms with van der Waals surface area (Å²) in [6, 6.07) is 5.73. The van der Waals surface area contributed by atoms with Crippen LogP contribution in [0.4, 0.5) is 0 Å². The van der Waals surface area contributed by atoms with Crippen LogP contribution in [-0.2, 0) is 6.54 Å². The molecule has 0 saturated carbocycles. The maximum absolute atomic E-state index is 11.9. The van der Waals surface area contributed by atoms with E-state index in [4.69, 9.17) is 5.73 Å². The number of thiophene rings is 1. The van der Waals surface area contributed by atoms with Crippen molar-refractivity contribution < 1.29 is 0 Å². The van der Waals surface area contributed by atoms with Crippen molar-refractivity contribution in [1.29, 1.82) is 0 Å². The number of nitrogens with two attached hydrogens (primary N) is 1. The number of fused-ring (bicyclic) bond motifs is 1. The third kappa shape index (κ3) is 2.20. The Kier molecular flexibility index (Phi) is 2.96. The van der Waals surface area contributed by atoms with Gasteiger partial charge >= 0.3 is 0 Å². The molecule has 1 unspecified atom stereocenters. The van der Waals surface area contributed by atoms with E-state index in [1.54, 1.807) is 0 Å². The first-order valence-electron chi connectivity index (χ1n) is 6.02. The highest BCUT2D eigenvalue weighted by molar-refractivity contribution is 7.17. The lowest BCUT2D eigenvalue weighted by molar-refractivity contribution is 0.656. The zero-order chi connectivity index (χ0) is 13.4. The fourth-order valence-electron chi connectivity index (χ4n) is 2.14. The molecule has 3 heterocycles. The van der Waals surface area contributed by atoms with Crippen molar-refractivity contribution in [3.8, 4) is 0 Å². The van der Waals surface area contributed by atoms with E-state index in [0.29, 0.717) is 17.1 Å². The van der Waals surface area contributed by atoms with Crippen molar-refractivity contribution in [2.24, 2.45) is 5.73 Å². The Balaban J connectivity index is 2.01. The van der Waals surface area contributed by atoms with E-state index in [2.05, 4.69) is 9.97 Å². The number of nitrogens with one attached hydrogen (secondary N) is 1. The molecular weight excluding hydrogens is 260 g/mol. The van der Waals surface area contributed by atoms with E-state index in [1.807, 2.05) is 41.3 Å². The fourth-order valence-corrected chi connectivity index (χ4v) is 2.87. The molecule has 3 aromatic rings. The molecular formula is C13H14N4OS. The Hall–Kier alpha value is -1.92. The van der Waals surface area contributed by atoms with Gasteiger partial charge in [-0.25, -0.2) is 4.98 Å². The molecule has 0 saturated heterocycles. The van der Waals surface area contributed by atoms with Gasteiger partial charge in [-0.05, 0) is 30.5 Å². The lowest BCUT2D eigenvalue weighted by Crippen LogP contribution is -2.16. The van der Waals surface area contributed by atoms with Gasteiger partial charge in [-0.2, -0.15) is 0 Å². The number of rotatable bonds is 3. The van der Waals surface area contributed by atoms with Crippen LogP contribution in [0.1, 0.15) is 24.5 Å². The van der Waals surface area contributed by atoms with Crippen LogP contribution in [0.25, 0.3) is 10.2 Å². The van der Waals surface area contributed by atoms with Crippen molar-refractivity contribution >= 4 is 21.6 Å². The second-order valence-corrected chi connectivity index (χ2v) is 5.41. The summed E-state index contributed by atoms with van der Waals surface area (Å²) in [5.41, 5.74) is 7.60. The van der Waals surface area contributed by atoms with Gasteiger partial charge in [-0.1, -0.05) is 0 Å². The lowest BCUT2D eigenvalue weighted by Gasteiger charge is -2.11. The normalized spacial score (nSPS) is 12.9. The van der Waals surface area contributed by atoms with Crippen LogP contribution in [0, 0.1) is 0 Å². The molecule has 5 nitrogen and oxygen atoms in total. The Bertz CT molecular complexity index is 768. The van der Waals surface area contributed by atoms with Crippen molar-refractivity contribution in [2.75, 3.05) is 0 Å². The van der Waals surface area contributed by atoms with Gasteiger partial charge in [0.1, 0.15) is 10.5 Å². The van der Waals surface area contributed by atoms with Gasteiger partial charge in [-0.15, -0.1) is 11.3 Å². The van der Waals surface area contributed by atoms with Gasteiger partial charge in [0.25, 0.3) is 5.56 Å². The molecule has 0 spiro atoms. The number of hydrogen-bond acceptors (Lipinski definition) is 4. The molecule has 0 radical (unpaired) electrons. The van der Waals surface area contributed by atoms with Crippen LogP contribution >= 0.6 is 11.3 Å². The van der Waals surface area contributed by atoms with Crippen LogP contribution in [0.3, 0.4) is 0 Å². The van der Waals surface area contributed by atoms with Crippen LogP contribution < -0.4 is 11.3 Å². The van der Waals surface area contributed by atoms with Crippen molar-refractivity contribution in [1.82, 2.24) is 14.5 Å².